The van der Waals surface area contributed by atoms with Crippen molar-refractivity contribution in [3.63, 3.8) is 0 Å². The molecule has 0 radical (unpaired) electrons. The van der Waals surface area contributed by atoms with Crippen LogP contribution in [-0.4, -0.2) is 19.3 Å². The summed E-state index contributed by atoms with van der Waals surface area (Å²) in [6, 6.07) is 0.519. The van der Waals surface area contributed by atoms with Gasteiger partial charge in [0.15, 0.2) is 0 Å². The highest BCUT2D eigenvalue weighted by atomic mass is 32.1. The fourth-order valence-corrected chi connectivity index (χ4v) is 2.61. The van der Waals surface area contributed by atoms with Crippen molar-refractivity contribution < 1.29 is 4.74 Å². The van der Waals surface area contributed by atoms with Crippen molar-refractivity contribution >= 4 is 17.0 Å². The van der Waals surface area contributed by atoms with Crippen LogP contribution in [-0.2, 0) is 4.74 Å². The Kier molecular flexibility index (Phi) is 3.08. The molecule has 1 saturated heterocycles. The van der Waals surface area contributed by atoms with Gasteiger partial charge in [-0.25, -0.2) is 0 Å². The Morgan fingerprint density at radius 1 is 1.57 bits per heavy atom. The van der Waals surface area contributed by atoms with E-state index in [4.69, 9.17) is 4.74 Å². The third-order valence-corrected chi connectivity index (χ3v) is 3.77. The highest BCUT2D eigenvalue weighted by molar-refractivity contribution is 7.08. The van der Waals surface area contributed by atoms with Gasteiger partial charge in [0.25, 0.3) is 0 Å². The number of aryl methyl sites for hydroxylation is 1. The molecule has 1 aliphatic rings. The van der Waals surface area contributed by atoms with Gasteiger partial charge >= 0.3 is 0 Å². The average molecular weight is 211 g/mol. The van der Waals surface area contributed by atoms with Crippen molar-refractivity contribution in [3.8, 4) is 0 Å². The second-order valence-electron chi connectivity index (χ2n) is 4.03. The summed E-state index contributed by atoms with van der Waals surface area (Å²) in [5.74, 6) is 0.675. The number of hydrogen-bond donors (Lipinski definition) is 1. The number of rotatable bonds is 3. The highest BCUT2D eigenvalue weighted by Gasteiger charge is 2.22. The van der Waals surface area contributed by atoms with Crippen molar-refractivity contribution in [1.29, 1.82) is 0 Å². The molecule has 0 saturated carbocycles. The number of anilines is 1. The molecule has 78 valence electrons. The van der Waals surface area contributed by atoms with Gasteiger partial charge in [0, 0.05) is 29.6 Å². The maximum absolute atomic E-state index is 5.39. The molecule has 1 N–H and O–H groups in total. The molecule has 2 rings (SSSR count). The quantitative estimate of drug-likeness (QED) is 0.830. The molecular formula is C11H17NOS. The van der Waals surface area contributed by atoms with Crippen LogP contribution in [0.15, 0.2) is 10.8 Å². The van der Waals surface area contributed by atoms with E-state index in [0.29, 0.717) is 12.0 Å². The van der Waals surface area contributed by atoms with E-state index in [0.717, 1.165) is 13.2 Å². The summed E-state index contributed by atoms with van der Waals surface area (Å²) in [5, 5.41) is 7.93. The van der Waals surface area contributed by atoms with E-state index in [2.05, 4.69) is 29.9 Å². The lowest BCUT2D eigenvalue weighted by atomic mass is 10.0. The zero-order valence-corrected chi connectivity index (χ0v) is 9.56. The molecule has 1 aromatic heterocycles. The van der Waals surface area contributed by atoms with Gasteiger partial charge in [-0.2, -0.15) is 0 Å². The van der Waals surface area contributed by atoms with Crippen LogP contribution in [0.25, 0.3) is 0 Å². The third kappa shape index (κ3) is 2.10. The second kappa shape index (κ2) is 4.32. The number of nitrogens with one attached hydrogen (secondary N) is 1. The minimum atomic E-state index is 0.519. The Morgan fingerprint density at radius 2 is 2.43 bits per heavy atom. The van der Waals surface area contributed by atoms with Crippen LogP contribution in [0.1, 0.15) is 18.9 Å². The van der Waals surface area contributed by atoms with E-state index in [1.54, 1.807) is 11.3 Å². The summed E-state index contributed by atoms with van der Waals surface area (Å²) in [4.78, 5) is 0. The number of hydrogen-bond acceptors (Lipinski definition) is 3. The second-order valence-corrected chi connectivity index (χ2v) is 4.77. The van der Waals surface area contributed by atoms with Crippen LogP contribution >= 0.6 is 11.3 Å². The highest BCUT2D eigenvalue weighted by Crippen LogP contribution is 2.24. The van der Waals surface area contributed by atoms with Gasteiger partial charge in [0.1, 0.15) is 0 Å². The van der Waals surface area contributed by atoms with E-state index in [1.807, 2.05) is 0 Å². The fraction of sp³-hybridized carbons (Fsp3) is 0.636. The summed E-state index contributed by atoms with van der Waals surface area (Å²) in [7, 11) is 0. The van der Waals surface area contributed by atoms with Gasteiger partial charge in [-0.05, 0) is 31.2 Å². The lowest BCUT2D eigenvalue weighted by Crippen LogP contribution is -2.26. The third-order valence-electron chi connectivity index (χ3n) is 2.91. The Morgan fingerprint density at radius 3 is 3.00 bits per heavy atom. The van der Waals surface area contributed by atoms with E-state index in [-0.39, 0.29) is 0 Å². The van der Waals surface area contributed by atoms with Crippen LogP contribution in [0.2, 0.25) is 0 Å². The van der Waals surface area contributed by atoms with Gasteiger partial charge in [-0.15, -0.1) is 11.3 Å². The molecule has 0 aliphatic carbocycles. The average Bonchev–Trinajstić information content (AvgIpc) is 2.77. The largest absolute Gasteiger partial charge is 0.381 e. The predicted octanol–water partition coefficient (Wildman–Crippen LogP) is 2.89. The van der Waals surface area contributed by atoms with Crippen molar-refractivity contribution in [3.05, 3.63) is 16.3 Å². The molecule has 14 heavy (non-hydrogen) atoms. The van der Waals surface area contributed by atoms with Crippen LogP contribution < -0.4 is 5.32 Å². The van der Waals surface area contributed by atoms with Gasteiger partial charge in [-0.1, -0.05) is 0 Å². The summed E-state index contributed by atoms with van der Waals surface area (Å²) in [6.45, 7) is 6.24. The van der Waals surface area contributed by atoms with Crippen LogP contribution in [0, 0.1) is 12.8 Å². The van der Waals surface area contributed by atoms with E-state index >= 15 is 0 Å². The summed E-state index contributed by atoms with van der Waals surface area (Å²) < 4.78 is 5.39. The standard InChI is InChI=1S/C11H17NOS/c1-8-6-14-7-11(8)12-9(2)10-3-4-13-5-10/h6-7,9-10,12H,3-5H2,1-2H3. The van der Waals surface area contributed by atoms with Crippen LogP contribution in [0.5, 0.6) is 0 Å². The van der Waals surface area contributed by atoms with Crippen LogP contribution in [0.3, 0.4) is 0 Å². The van der Waals surface area contributed by atoms with Crippen molar-refractivity contribution in [1.82, 2.24) is 0 Å². The molecule has 2 atom stereocenters. The maximum Gasteiger partial charge on any atom is 0.0514 e. The first-order valence-electron chi connectivity index (χ1n) is 5.14. The molecular weight excluding hydrogens is 194 g/mol. The summed E-state index contributed by atoms with van der Waals surface area (Å²) in [5.41, 5.74) is 2.63. The number of thiophene rings is 1. The minimum absolute atomic E-state index is 0.519. The first kappa shape index (κ1) is 9.99. The van der Waals surface area contributed by atoms with E-state index in [1.165, 1.54) is 17.7 Å². The van der Waals surface area contributed by atoms with E-state index < -0.39 is 0 Å². The van der Waals surface area contributed by atoms with Crippen molar-refractivity contribution in [2.45, 2.75) is 26.3 Å². The first-order chi connectivity index (χ1) is 6.77. The smallest absolute Gasteiger partial charge is 0.0514 e. The monoisotopic (exact) mass is 211 g/mol. The molecule has 0 spiro atoms. The lowest BCUT2D eigenvalue weighted by molar-refractivity contribution is 0.183. The Hall–Kier alpha value is -0.540. The molecule has 1 aliphatic heterocycles. The lowest BCUT2D eigenvalue weighted by Gasteiger charge is -2.20. The minimum Gasteiger partial charge on any atom is -0.381 e. The fourth-order valence-electron chi connectivity index (χ4n) is 1.82. The van der Waals surface area contributed by atoms with Crippen LogP contribution in [0.4, 0.5) is 5.69 Å². The zero-order chi connectivity index (χ0) is 9.97. The van der Waals surface area contributed by atoms with Gasteiger partial charge in [0.2, 0.25) is 0 Å². The normalized spacial score (nSPS) is 23.7. The first-order valence-corrected chi connectivity index (χ1v) is 6.08. The topological polar surface area (TPSA) is 21.3 Å². The van der Waals surface area contributed by atoms with Crippen molar-refractivity contribution in [2.75, 3.05) is 18.5 Å². The van der Waals surface area contributed by atoms with Gasteiger partial charge in [-0.3, -0.25) is 0 Å². The van der Waals surface area contributed by atoms with E-state index in [9.17, 15) is 0 Å². The predicted molar refractivity (Wildman–Crippen MR) is 61.1 cm³/mol. The Balaban J connectivity index is 1.93. The molecule has 2 unspecified atom stereocenters. The van der Waals surface area contributed by atoms with Crippen molar-refractivity contribution in [2.24, 2.45) is 5.92 Å². The summed E-state index contributed by atoms with van der Waals surface area (Å²) >= 11 is 1.76. The molecule has 0 aromatic carbocycles. The summed E-state index contributed by atoms with van der Waals surface area (Å²) in [6.07, 6.45) is 1.19. The Labute approximate surface area is 89.3 Å². The van der Waals surface area contributed by atoms with Gasteiger partial charge < -0.3 is 10.1 Å². The number of ether oxygens (including phenoxy) is 1. The Bertz CT molecular complexity index is 291. The molecule has 1 aromatic rings. The molecule has 0 amide bonds. The van der Waals surface area contributed by atoms with Gasteiger partial charge in [0.05, 0.1) is 6.61 Å². The molecule has 0 bridgehead atoms. The molecule has 1 fully saturated rings. The molecule has 2 heterocycles. The molecule has 2 nitrogen and oxygen atoms in total. The SMILES string of the molecule is Cc1cscc1NC(C)C1CCOC1. The maximum atomic E-state index is 5.39. The zero-order valence-electron chi connectivity index (χ0n) is 8.75. The molecule has 3 heteroatoms.